The van der Waals surface area contributed by atoms with Crippen molar-refractivity contribution in [3.8, 4) is 0 Å². The maximum atomic E-state index is 12.9. The van der Waals surface area contributed by atoms with Crippen LogP contribution in [-0.2, 0) is 27.2 Å². The second-order valence-electron chi connectivity index (χ2n) is 8.40. The second-order valence-corrected chi connectivity index (χ2v) is 8.40. The minimum atomic E-state index is -0.918. The van der Waals surface area contributed by atoms with Gasteiger partial charge in [0.25, 0.3) is 11.8 Å². The molecule has 0 heterocycles. The molecule has 0 spiro atoms. The van der Waals surface area contributed by atoms with Crippen LogP contribution in [0.25, 0.3) is 0 Å². The molecule has 0 aliphatic heterocycles. The number of ether oxygens (including phenoxy) is 1. The first-order valence-electron chi connectivity index (χ1n) is 11.5. The number of nitrogens with one attached hydrogen (secondary N) is 2. The van der Waals surface area contributed by atoms with Crippen LogP contribution in [0.3, 0.4) is 0 Å². The molecule has 34 heavy (non-hydrogen) atoms. The molecule has 0 unspecified atom stereocenters. The number of carbonyl (C=O) groups is 3. The number of rotatable bonds is 8. The highest BCUT2D eigenvalue weighted by molar-refractivity contribution is 5.97. The number of esters is 1. The first-order valence-corrected chi connectivity index (χ1v) is 11.5. The Balaban J connectivity index is 1.38. The van der Waals surface area contributed by atoms with Crippen molar-refractivity contribution >= 4 is 17.8 Å². The van der Waals surface area contributed by atoms with Gasteiger partial charge in [-0.3, -0.25) is 9.59 Å². The van der Waals surface area contributed by atoms with E-state index in [-0.39, 0.29) is 24.3 Å². The smallest absolute Gasteiger partial charge is 0.329 e. The van der Waals surface area contributed by atoms with E-state index in [1.807, 2.05) is 54.6 Å². The van der Waals surface area contributed by atoms with Gasteiger partial charge in [-0.05, 0) is 48.1 Å². The topological polar surface area (TPSA) is 84.5 Å². The molecule has 0 radical (unpaired) electrons. The Labute approximate surface area is 199 Å². The molecular formula is C28H28N2O4. The molecule has 1 aliphatic rings. The predicted octanol–water partition coefficient (Wildman–Crippen LogP) is 3.76. The van der Waals surface area contributed by atoms with Gasteiger partial charge in [0.1, 0.15) is 6.04 Å². The molecule has 1 aliphatic carbocycles. The van der Waals surface area contributed by atoms with E-state index in [1.165, 1.54) is 5.56 Å². The summed E-state index contributed by atoms with van der Waals surface area (Å²) in [6.07, 6.45) is 3.10. The predicted molar refractivity (Wildman–Crippen MR) is 129 cm³/mol. The van der Waals surface area contributed by atoms with Crippen molar-refractivity contribution in [2.45, 2.75) is 37.8 Å². The molecule has 174 valence electrons. The van der Waals surface area contributed by atoms with Crippen LogP contribution < -0.4 is 10.6 Å². The first kappa shape index (κ1) is 23.2. The number of hydrogen-bond acceptors (Lipinski definition) is 4. The van der Waals surface area contributed by atoms with Gasteiger partial charge in [-0.25, -0.2) is 4.79 Å². The average Bonchev–Trinajstić information content (AvgIpc) is 2.88. The highest BCUT2D eigenvalue weighted by Crippen LogP contribution is 2.29. The van der Waals surface area contributed by atoms with Gasteiger partial charge in [0.15, 0.2) is 6.61 Å². The average molecular weight is 457 g/mol. The van der Waals surface area contributed by atoms with Gasteiger partial charge < -0.3 is 15.4 Å². The molecule has 0 aromatic heterocycles. The first-order chi connectivity index (χ1) is 16.6. The van der Waals surface area contributed by atoms with Crippen molar-refractivity contribution < 1.29 is 19.1 Å². The normalized spacial score (nSPS) is 15.5. The number of fused-ring (bicyclic) bond motifs is 1. The second kappa shape index (κ2) is 11.3. The van der Waals surface area contributed by atoms with Gasteiger partial charge in [0.2, 0.25) is 0 Å². The summed E-state index contributed by atoms with van der Waals surface area (Å²) in [6.45, 7) is -0.399. The monoisotopic (exact) mass is 456 g/mol. The van der Waals surface area contributed by atoms with Gasteiger partial charge in [0.05, 0.1) is 6.04 Å². The molecule has 6 nitrogen and oxygen atoms in total. The molecule has 2 amide bonds. The third-order valence-electron chi connectivity index (χ3n) is 5.96. The fourth-order valence-electron chi connectivity index (χ4n) is 4.25. The molecular weight excluding hydrogens is 428 g/mol. The lowest BCUT2D eigenvalue weighted by atomic mass is 9.88. The fourth-order valence-corrected chi connectivity index (χ4v) is 4.25. The molecule has 4 rings (SSSR count). The number of amides is 2. The molecule has 3 aromatic rings. The van der Waals surface area contributed by atoms with Gasteiger partial charge in [-0.1, -0.05) is 72.8 Å². The number of hydrogen-bond donors (Lipinski definition) is 2. The standard InChI is InChI=1S/C28H28N2O4/c31-26(29-24-17-9-15-21-12-7-8-16-23(21)24)19-34-28(33)25(18-20-10-3-1-4-11-20)30-27(32)22-13-5-2-6-14-22/h1-8,10-14,16,24-25H,9,15,17-19H2,(H,29,31)(H,30,32)/t24-,25+/m0/s1. The minimum absolute atomic E-state index is 0.0888. The Morgan fingerprint density at radius 3 is 2.32 bits per heavy atom. The Morgan fingerprint density at radius 1 is 0.882 bits per heavy atom. The van der Waals surface area contributed by atoms with Gasteiger partial charge in [0, 0.05) is 12.0 Å². The molecule has 3 aromatic carbocycles. The molecule has 0 saturated heterocycles. The van der Waals surface area contributed by atoms with E-state index < -0.39 is 18.6 Å². The maximum Gasteiger partial charge on any atom is 0.329 e. The van der Waals surface area contributed by atoms with E-state index in [0.717, 1.165) is 30.4 Å². The Hall–Kier alpha value is -3.93. The van der Waals surface area contributed by atoms with Gasteiger partial charge >= 0.3 is 5.97 Å². The van der Waals surface area contributed by atoms with Crippen LogP contribution in [0.4, 0.5) is 0 Å². The summed E-state index contributed by atoms with van der Waals surface area (Å²) in [4.78, 5) is 38.1. The third-order valence-corrected chi connectivity index (χ3v) is 5.96. The van der Waals surface area contributed by atoms with Crippen LogP contribution in [0.15, 0.2) is 84.9 Å². The lowest BCUT2D eigenvalue weighted by molar-refractivity contribution is -0.150. The van der Waals surface area contributed by atoms with Crippen LogP contribution in [0, 0.1) is 0 Å². The van der Waals surface area contributed by atoms with E-state index in [2.05, 4.69) is 16.7 Å². The zero-order valence-electron chi connectivity index (χ0n) is 18.9. The van der Waals surface area contributed by atoms with Crippen LogP contribution in [0.5, 0.6) is 0 Å². The molecule has 0 saturated carbocycles. The van der Waals surface area contributed by atoms with Crippen molar-refractivity contribution in [1.29, 1.82) is 0 Å². The van der Waals surface area contributed by atoms with Crippen molar-refractivity contribution in [1.82, 2.24) is 10.6 Å². The summed E-state index contributed by atoms with van der Waals surface area (Å²) in [5.74, 6) is -1.38. The quantitative estimate of drug-likeness (QED) is 0.506. The van der Waals surface area contributed by atoms with Crippen LogP contribution >= 0.6 is 0 Å². The van der Waals surface area contributed by atoms with E-state index in [9.17, 15) is 14.4 Å². The minimum Gasteiger partial charge on any atom is -0.454 e. The third kappa shape index (κ3) is 6.10. The van der Waals surface area contributed by atoms with Crippen LogP contribution in [0.2, 0.25) is 0 Å². The Bertz CT molecular complexity index is 1130. The van der Waals surface area contributed by atoms with Gasteiger partial charge in [-0.2, -0.15) is 0 Å². The van der Waals surface area contributed by atoms with Crippen molar-refractivity contribution in [2.75, 3.05) is 6.61 Å². The number of carbonyl (C=O) groups excluding carboxylic acids is 3. The summed E-state index contributed by atoms with van der Waals surface area (Å²) in [5.41, 5.74) is 3.68. The van der Waals surface area contributed by atoms with Crippen LogP contribution in [0.1, 0.15) is 45.9 Å². The highest BCUT2D eigenvalue weighted by Gasteiger charge is 2.26. The lowest BCUT2D eigenvalue weighted by Crippen LogP contribution is -2.44. The largest absolute Gasteiger partial charge is 0.454 e. The summed E-state index contributed by atoms with van der Waals surface area (Å²) >= 11 is 0. The highest BCUT2D eigenvalue weighted by atomic mass is 16.5. The summed E-state index contributed by atoms with van der Waals surface area (Å²) in [6, 6.07) is 25.1. The molecule has 0 fully saturated rings. The van der Waals surface area contributed by atoms with Crippen LogP contribution in [-0.4, -0.2) is 30.4 Å². The SMILES string of the molecule is O=C(COC(=O)[C@@H](Cc1ccccc1)NC(=O)c1ccccc1)N[C@H]1CCCc2ccccc21. The fraction of sp³-hybridized carbons (Fsp3) is 0.250. The van der Waals surface area contributed by atoms with E-state index in [1.54, 1.807) is 24.3 Å². The summed E-state index contributed by atoms with van der Waals surface area (Å²) < 4.78 is 5.34. The Morgan fingerprint density at radius 2 is 1.56 bits per heavy atom. The van der Waals surface area contributed by atoms with Crippen molar-refractivity contribution in [3.05, 3.63) is 107 Å². The summed E-state index contributed by atoms with van der Waals surface area (Å²) in [5, 5.41) is 5.74. The van der Waals surface area contributed by atoms with E-state index >= 15 is 0 Å². The number of benzene rings is 3. The van der Waals surface area contributed by atoms with E-state index in [0.29, 0.717) is 5.56 Å². The molecule has 0 bridgehead atoms. The maximum absolute atomic E-state index is 12.9. The van der Waals surface area contributed by atoms with Crippen molar-refractivity contribution in [2.24, 2.45) is 0 Å². The number of aryl methyl sites for hydroxylation is 1. The Kier molecular flexibility index (Phi) is 7.71. The molecule has 2 N–H and O–H groups in total. The summed E-state index contributed by atoms with van der Waals surface area (Å²) in [7, 11) is 0. The van der Waals surface area contributed by atoms with Crippen molar-refractivity contribution in [3.63, 3.8) is 0 Å². The molecule has 2 atom stereocenters. The van der Waals surface area contributed by atoms with E-state index in [4.69, 9.17) is 4.74 Å². The zero-order valence-corrected chi connectivity index (χ0v) is 18.9. The molecule has 6 heteroatoms. The van der Waals surface area contributed by atoms with Gasteiger partial charge in [-0.15, -0.1) is 0 Å². The lowest BCUT2D eigenvalue weighted by Gasteiger charge is -2.26. The zero-order chi connectivity index (χ0) is 23.8.